The topological polar surface area (TPSA) is 40.6 Å². The van der Waals surface area contributed by atoms with E-state index < -0.39 is 0 Å². The smallest absolute Gasteiger partial charge is 0.131 e. The molecule has 1 unspecified atom stereocenters. The molecule has 2 aromatic rings. The zero-order valence-corrected chi connectivity index (χ0v) is 13.9. The van der Waals surface area contributed by atoms with E-state index >= 15 is 0 Å². The van der Waals surface area contributed by atoms with Crippen molar-refractivity contribution in [3.05, 3.63) is 28.1 Å². The highest BCUT2D eigenvalue weighted by molar-refractivity contribution is 7.12. The molecular weight excluding hydrogens is 286 g/mol. The van der Waals surface area contributed by atoms with E-state index in [-0.39, 0.29) is 5.92 Å². The van der Waals surface area contributed by atoms with E-state index in [1.54, 1.807) is 32.7 Å². The van der Waals surface area contributed by atoms with Crippen LogP contribution in [0.2, 0.25) is 0 Å². The molecule has 0 aliphatic carbocycles. The van der Waals surface area contributed by atoms with Gasteiger partial charge >= 0.3 is 0 Å². The van der Waals surface area contributed by atoms with E-state index in [1.165, 1.54) is 4.88 Å². The normalized spacial score (nSPS) is 12.2. The van der Waals surface area contributed by atoms with Crippen molar-refractivity contribution in [2.75, 3.05) is 27.9 Å². The van der Waals surface area contributed by atoms with Crippen LogP contribution >= 0.6 is 11.3 Å². The van der Waals surface area contributed by atoms with Crippen molar-refractivity contribution in [1.29, 1.82) is 0 Å². The molecule has 0 bridgehead atoms. The lowest BCUT2D eigenvalue weighted by Gasteiger charge is -2.09. The summed E-state index contributed by atoms with van der Waals surface area (Å²) in [5, 5.41) is 1.09. The van der Waals surface area contributed by atoms with Gasteiger partial charge in [-0.15, -0.1) is 11.3 Å². The fourth-order valence-electron chi connectivity index (χ4n) is 2.19. The number of nitrogens with zero attached hydrogens (tertiary/aromatic N) is 1. The maximum atomic E-state index is 5.47. The maximum absolute atomic E-state index is 5.47. The molecular formula is C16H21NO3S. The minimum atomic E-state index is 0.289. The summed E-state index contributed by atoms with van der Waals surface area (Å²) in [5.41, 5.74) is 1.96. The van der Waals surface area contributed by atoms with E-state index in [0.29, 0.717) is 6.61 Å². The van der Waals surface area contributed by atoms with Crippen LogP contribution in [0.5, 0.6) is 11.5 Å². The minimum absolute atomic E-state index is 0.289. The summed E-state index contributed by atoms with van der Waals surface area (Å²) in [6.07, 6.45) is 0. The molecule has 114 valence electrons. The summed E-state index contributed by atoms with van der Waals surface area (Å²) in [5.74, 6) is 1.84. The van der Waals surface area contributed by atoms with E-state index in [9.17, 15) is 0 Å². The number of rotatable bonds is 6. The lowest BCUT2D eigenvalue weighted by Crippen LogP contribution is -2.01. The molecule has 0 saturated carbocycles. The van der Waals surface area contributed by atoms with E-state index in [4.69, 9.17) is 19.2 Å². The molecule has 0 N–H and O–H groups in total. The van der Waals surface area contributed by atoms with Crippen molar-refractivity contribution >= 4 is 11.3 Å². The Morgan fingerprint density at radius 1 is 1.19 bits per heavy atom. The Morgan fingerprint density at radius 2 is 1.95 bits per heavy atom. The highest BCUT2D eigenvalue weighted by Gasteiger charge is 2.17. The largest absolute Gasteiger partial charge is 0.497 e. The number of benzene rings is 1. The lowest BCUT2D eigenvalue weighted by atomic mass is 10.1. The second-order valence-corrected chi connectivity index (χ2v) is 6.11. The number of methoxy groups -OCH3 is 3. The maximum Gasteiger partial charge on any atom is 0.131 e. The Labute approximate surface area is 129 Å². The van der Waals surface area contributed by atoms with E-state index in [2.05, 4.69) is 13.8 Å². The van der Waals surface area contributed by atoms with Gasteiger partial charge in [-0.3, -0.25) is 0 Å². The van der Waals surface area contributed by atoms with Gasteiger partial charge in [-0.25, -0.2) is 4.98 Å². The highest BCUT2D eigenvalue weighted by Crippen LogP contribution is 2.37. The summed E-state index contributed by atoms with van der Waals surface area (Å²) in [7, 11) is 5.02. The van der Waals surface area contributed by atoms with Gasteiger partial charge in [-0.2, -0.15) is 0 Å². The fourth-order valence-corrected chi connectivity index (χ4v) is 3.17. The van der Waals surface area contributed by atoms with Crippen molar-refractivity contribution in [3.8, 4) is 22.8 Å². The van der Waals surface area contributed by atoms with Crippen LogP contribution in [-0.4, -0.2) is 32.9 Å². The fraction of sp³-hybridized carbons (Fsp3) is 0.438. The molecule has 0 amide bonds. The molecule has 1 atom stereocenters. The third-order valence-corrected chi connectivity index (χ3v) is 4.52. The van der Waals surface area contributed by atoms with Gasteiger partial charge in [0.15, 0.2) is 0 Å². The van der Waals surface area contributed by atoms with Crippen molar-refractivity contribution in [2.45, 2.75) is 19.8 Å². The Balaban J connectivity index is 2.42. The molecule has 0 aliphatic rings. The molecule has 1 aromatic heterocycles. The lowest BCUT2D eigenvalue weighted by molar-refractivity contribution is 0.184. The van der Waals surface area contributed by atoms with Crippen LogP contribution in [0.25, 0.3) is 11.3 Å². The number of ether oxygens (including phenoxy) is 3. The Kier molecular flexibility index (Phi) is 5.20. The van der Waals surface area contributed by atoms with Gasteiger partial charge in [0, 0.05) is 29.5 Å². The second-order valence-electron chi connectivity index (χ2n) is 4.88. The van der Waals surface area contributed by atoms with Crippen LogP contribution in [0.3, 0.4) is 0 Å². The van der Waals surface area contributed by atoms with E-state index in [0.717, 1.165) is 27.8 Å². The summed E-state index contributed by atoms with van der Waals surface area (Å²) >= 11 is 1.71. The van der Waals surface area contributed by atoms with Gasteiger partial charge in [0.05, 0.1) is 31.5 Å². The Morgan fingerprint density at radius 3 is 2.57 bits per heavy atom. The predicted octanol–water partition coefficient (Wildman–Crippen LogP) is 3.89. The van der Waals surface area contributed by atoms with Crippen LogP contribution in [0.1, 0.15) is 22.7 Å². The van der Waals surface area contributed by atoms with Gasteiger partial charge in [0.25, 0.3) is 0 Å². The van der Waals surface area contributed by atoms with Crippen molar-refractivity contribution in [1.82, 2.24) is 4.98 Å². The predicted molar refractivity (Wildman–Crippen MR) is 85.7 cm³/mol. The SMILES string of the molecule is COCC(C)c1nc(-c2ccc(OC)cc2OC)c(C)s1. The number of aryl methyl sites for hydroxylation is 1. The summed E-state index contributed by atoms with van der Waals surface area (Å²) in [6.45, 7) is 4.88. The van der Waals surface area contributed by atoms with Crippen molar-refractivity contribution in [2.24, 2.45) is 0 Å². The number of aromatic nitrogens is 1. The molecule has 1 aromatic carbocycles. The molecule has 21 heavy (non-hydrogen) atoms. The Bertz CT molecular complexity index is 610. The second kappa shape index (κ2) is 6.91. The monoisotopic (exact) mass is 307 g/mol. The average molecular weight is 307 g/mol. The quantitative estimate of drug-likeness (QED) is 0.812. The molecule has 0 radical (unpaired) electrons. The third kappa shape index (κ3) is 3.36. The zero-order valence-electron chi connectivity index (χ0n) is 13.1. The summed E-state index contributed by atoms with van der Waals surface area (Å²) in [4.78, 5) is 5.96. The standard InChI is InChI=1S/C16H21NO3S/c1-10(9-18-3)16-17-15(11(2)21-16)13-7-6-12(19-4)8-14(13)20-5/h6-8,10H,9H2,1-5H3. The first-order chi connectivity index (χ1) is 10.1. The first-order valence-electron chi connectivity index (χ1n) is 6.79. The number of hydrogen-bond acceptors (Lipinski definition) is 5. The van der Waals surface area contributed by atoms with Crippen molar-refractivity contribution < 1.29 is 14.2 Å². The molecule has 0 aliphatic heterocycles. The van der Waals surface area contributed by atoms with Crippen LogP contribution in [0.4, 0.5) is 0 Å². The zero-order chi connectivity index (χ0) is 15.4. The van der Waals surface area contributed by atoms with Gasteiger partial charge in [-0.1, -0.05) is 6.92 Å². The number of hydrogen-bond donors (Lipinski definition) is 0. The molecule has 1 heterocycles. The van der Waals surface area contributed by atoms with E-state index in [1.807, 2.05) is 18.2 Å². The average Bonchev–Trinajstić information content (AvgIpc) is 2.88. The Hall–Kier alpha value is -1.59. The van der Waals surface area contributed by atoms with Gasteiger partial charge in [-0.05, 0) is 19.1 Å². The van der Waals surface area contributed by atoms with Gasteiger partial charge in [0.2, 0.25) is 0 Å². The highest BCUT2D eigenvalue weighted by atomic mass is 32.1. The number of thiazole rings is 1. The molecule has 4 nitrogen and oxygen atoms in total. The van der Waals surface area contributed by atoms with Gasteiger partial charge < -0.3 is 14.2 Å². The molecule has 0 fully saturated rings. The van der Waals surface area contributed by atoms with Gasteiger partial charge in [0.1, 0.15) is 11.5 Å². The first-order valence-corrected chi connectivity index (χ1v) is 7.61. The molecule has 5 heteroatoms. The summed E-state index contributed by atoms with van der Waals surface area (Å²) < 4.78 is 15.9. The van der Waals surface area contributed by atoms with Crippen LogP contribution in [0.15, 0.2) is 18.2 Å². The van der Waals surface area contributed by atoms with Crippen molar-refractivity contribution in [3.63, 3.8) is 0 Å². The minimum Gasteiger partial charge on any atom is -0.497 e. The van der Waals surface area contributed by atoms with Crippen LogP contribution < -0.4 is 9.47 Å². The van der Waals surface area contributed by atoms with Crippen LogP contribution in [-0.2, 0) is 4.74 Å². The molecule has 2 rings (SSSR count). The third-order valence-electron chi connectivity index (χ3n) is 3.32. The molecule has 0 spiro atoms. The first kappa shape index (κ1) is 15.8. The molecule has 0 saturated heterocycles. The summed E-state index contributed by atoms with van der Waals surface area (Å²) in [6, 6.07) is 5.80. The van der Waals surface area contributed by atoms with Crippen LogP contribution in [0, 0.1) is 6.92 Å².